The molecule has 5 nitrogen and oxygen atoms in total. The Morgan fingerprint density at radius 1 is 1.37 bits per heavy atom. The van der Waals surface area contributed by atoms with E-state index in [4.69, 9.17) is 4.74 Å². The number of hydrogen-bond acceptors (Lipinski definition) is 3. The third kappa shape index (κ3) is 2.15. The monoisotopic (exact) mass is 324 g/mol. The maximum Gasteiger partial charge on any atom is 0.323 e. The summed E-state index contributed by atoms with van der Waals surface area (Å²) in [7, 11) is 0. The third-order valence-corrected chi connectivity index (χ3v) is 4.17. The fraction of sp³-hybridized carbons (Fsp3) is 0.385. The van der Waals surface area contributed by atoms with Gasteiger partial charge < -0.3 is 14.7 Å². The quantitative estimate of drug-likeness (QED) is 0.832. The fourth-order valence-corrected chi connectivity index (χ4v) is 2.97. The second kappa shape index (κ2) is 4.61. The van der Waals surface area contributed by atoms with E-state index in [0.717, 1.165) is 6.42 Å². The molecule has 1 saturated heterocycles. The molecule has 0 bridgehead atoms. The Bertz CT molecular complexity index is 703. The van der Waals surface area contributed by atoms with Crippen LogP contribution in [-0.4, -0.2) is 28.5 Å². The van der Waals surface area contributed by atoms with Crippen LogP contribution in [0.2, 0.25) is 0 Å². The number of nitrogens with one attached hydrogen (secondary N) is 2. The molecule has 1 aromatic heterocycles. The second-order valence-electron chi connectivity index (χ2n) is 4.88. The molecular formula is C13H13BrN2O3. The van der Waals surface area contributed by atoms with Crippen molar-refractivity contribution in [1.29, 1.82) is 0 Å². The Balaban J connectivity index is 2.06. The molecule has 6 heteroatoms. The minimum atomic E-state index is -0.389. The van der Waals surface area contributed by atoms with E-state index in [2.05, 4.69) is 25.9 Å². The van der Waals surface area contributed by atoms with E-state index in [-0.39, 0.29) is 23.5 Å². The van der Waals surface area contributed by atoms with Crippen molar-refractivity contribution < 1.29 is 9.53 Å². The van der Waals surface area contributed by atoms with Crippen LogP contribution in [0.3, 0.4) is 0 Å². The number of fused-ring (bicyclic) bond motifs is 1. The third-order valence-electron chi connectivity index (χ3n) is 3.51. The van der Waals surface area contributed by atoms with E-state index in [1.807, 2.05) is 6.92 Å². The molecule has 1 aliphatic rings. The smallest absolute Gasteiger partial charge is 0.323 e. The number of carbonyl (C=O) groups is 1. The molecule has 1 aromatic carbocycles. The molecule has 1 fully saturated rings. The van der Waals surface area contributed by atoms with Crippen molar-refractivity contribution in [1.82, 2.24) is 9.97 Å². The van der Waals surface area contributed by atoms with Crippen LogP contribution in [0.1, 0.15) is 23.7 Å². The van der Waals surface area contributed by atoms with E-state index >= 15 is 0 Å². The number of halogens is 1. The molecule has 0 saturated carbocycles. The molecule has 2 aromatic rings. The topological polar surface area (TPSA) is 75.0 Å². The zero-order valence-electron chi connectivity index (χ0n) is 10.3. The van der Waals surface area contributed by atoms with Crippen molar-refractivity contribution in [3.05, 3.63) is 32.7 Å². The Labute approximate surface area is 117 Å². The number of Topliss-reactive ketones (excluding diaryl/α,β-unsaturated/α-hetero) is 1. The van der Waals surface area contributed by atoms with Gasteiger partial charge in [-0.3, -0.25) is 4.79 Å². The summed E-state index contributed by atoms with van der Waals surface area (Å²) in [6.45, 7) is 2.64. The van der Waals surface area contributed by atoms with Gasteiger partial charge in [-0.25, -0.2) is 4.79 Å². The highest BCUT2D eigenvalue weighted by Gasteiger charge is 2.32. The summed E-state index contributed by atoms with van der Waals surface area (Å²) in [6, 6.07) is 3.42. The Morgan fingerprint density at radius 3 is 2.68 bits per heavy atom. The van der Waals surface area contributed by atoms with Crippen molar-refractivity contribution in [2.24, 2.45) is 5.92 Å². The van der Waals surface area contributed by atoms with Gasteiger partial charge >= 0.3 is 5.69 Å². The van der Waals surface area contributed by atoms with Gasteiger partial charge in [-0.1, -0.05) is 6.92 Å². The van der Waals surface area contributed by atoms with Gasteiger partial charge in [0.2, 0.25) is 0 Å². The summed E-state index contributed by atoms with van der Waals surface area (Å²) in [4.78, 5) is 29.0. The lowest BCUT2D eigenvalue weighted by Gasteiger charge is -2.14. The van der Waals surface area contributed by atoms with E-state index in [0.29, 0.717) is 27.7 Å². The van der Waals surface area contributed by atoms with Crippen molar-refractivity contribution in [2.75, 3.05) is 6.61 Å². The highest BCUT2D eigenvalue weighted by Crippen LogP contribution is 2.28. The van der Waals surface area contributed by atoms with E-state index in [1.54, 1.807) is 12.1 Å². The molecule has 0 amide bonds. The van der Waals surface area contributed by atoms with Gasteiger partial charge in [0.15, 0.2) is 5.78 Å². The molecule has 0 aliphatic carbocycles. The van der Waals surface area contributed by atoms with Crippen LogP contribution in [0.15, 0.2) is 21.4 Å². The lowest BCUT2D eigenvalue weighted by molar-refractivity contribution is 0.0579. The first-order chi connectivity index (χ1) is 9.06. The van der Waals surface area contributed by atoms with Crippen molar-refractivity contribution >= 4 is 32.7 Å². The Kier molecular flexibility index (Phi) is 3.06. The van der Waals surface area contributed by atoms with E-state index in [9.17, 15) is 9.59 Å². The normalized spacial score (nSPS) is 23.1. The zero-order valence-corrected chi connectivity index (χ0v) is 11.9. The predicted molar refractivity (Wildman–Crippen MR) is 74.5 cm³/mol. The summed E-state index contributed by atoms with van der Waals surface area (Å²) < 4.78 is 6.17. The number of imidazole rings is 1. The van der Waals surface area contributed by atoms with Crippen molar-refractivity contribution in [3.63, 3.8) is 0 Å². The zero-order chi connectivity index (χ0) is 13.6. The number of benzene rings is 1. The number of carbonyl (C=O) groups excluding carboxylic acids is 1. The summed E-state index contributed by atoms with van der Waals surface area (Å²) in [5, 5.41) is 0. The standard InChI is InChI=1S/C13H13BrN2O3/c1-6-2-3-19-12(6)11(17)7-4-9-10(5-8(7)14)16-13(18)15-9/h4-6,12H,2-3H2,1H3,(H2,15,16,18). The first-order valence-electron chi connectivity index (χ1n) is 6.13. The number of ether oxygens (including phenoxy) is 1. The lowest BCUT2D eigenvalue weighted by atomic mass is 9.96. The fourth-order valence-electron chi connectivity index (χ4n) is 2.43. The number of ketones is 1. The van der Waals surface area contributed by atoms with Gasteiger partial charge in [0, 0.05) is 16.6 Å². The number of aromatic nitrogens is 2. The Hall–Kier alpha value is -1.40. The lowest BCUT2D eigenvalue weighted by Crippen LogP contribution is -2.25. The van der Waals surface area contributed by atoms with Crippen molar-refractivity contribution in [2.45, 2.75) is 19.4 Å². The van der Waals surface area contributed by atoms with Crippen LogP contribution < -0.4 is 5.69 Å². The van der Waals surface area contributed by atoms with Crippen LogP contribution in [0.4, 0.5) is 0 Å². The van der Waals surface area contributed by atoms with Gasteiger partial charge in [0.25, 0.3) is 0 Å². The van der Waals surface area contributed by atoms with Gasteiger partial charge in [0.1, 0.15) is 6.10 Å². The molecule has 0 radical (unpaired) electrons. The second-order valence-corrected chi connectivity index (χ2v) is 5.73. The number of rotatable bonds is 2. The van der Waals surface area contributed by atoms with Gasteiger partial charge in [-0.05, 0) is 40.4 Å². The minimum absolute atomic E-state index is 0.0409. The first kappa shape index (κ1) is 12.6. The average Bonchev–Trinajstić information content (AvgIpc) is 2.92. The molecule has 100 valence electrons. The largest absolute Gasteiger partial charge is 0.370 e. The maximum atomic E-state index is 12.5. The van der Waals surface area contributed by atoms with Crippen LogP contribution in [0.5, 0.6) is 0 Å². The highest BCUT2D eigenvalue weighted by molar-refractivity contribution is 9.10. The van der Waals surface area contributed by atoms with Crippen LogP contribution in [0.25, 0.3) is 11.0 Å². The molecular weight excluding hydrogens is 312 g/mol. The summed E-state index contributed by atoms with van der Waals surface area (Å²) in [5.74, 6) is 0.182. The van der Waals surface area contributed by atoms with Crippen LogP contribution >= 0.6 is 15.9 Å². The minimum Gasteiger partial charge on any atom is -0.370 e. The molecule has 2 unspecified atom stereocenters. The van der Waals surface area contributed by atoms with E-state index < -0.39 is 0 Å². The van der Waals surface area contributed by atoms with Crippen LogP contribution in [0, 0.1) is 5.92 Å². The summed E-state index contributed by atoms with van der Waals surface area (Å²) in [5.41, 5.74) is 1.56. The summed E-state index contributed by atoms with van der Waals surface area (Å²) in [6.07, 6.45) is 0.511. The average molecular weight is 325 g/mol. The molecule has 2 N–H and O–H groups in total. The summed E-state index contributed by atoms with van der Waals surface area (Å²) >= 11 is 3.38. The molecule has 0 spiro atoms. The number of hydrogen-bond donors (Lipinski definition) is 2. The highest BCUT2D eigenvalue weighted by atomic mass is 79.9. The predicted octanol–water partition coefficient (Wildman–Crippen LogP) is 2.23. The van der Waals surface area contributed by atoms with E-state index in [1.165, 1.54) is 0 Å². The van der Waals surface area contributed by atoms with Gasteiger partial charge in [-0.15, -0.1) is 0 Å². The molecule has 19 heavy (non-hydrogen) atoms. The van der Waals surface area contributed by atoms with Crippen molar-refractivity contribution in [3.8, 4) is 0 Å². The first-order valence-corrected chi connectivity index (χ1v) is 6.93. The molecule has 1 aliphatic heterocycles. The SMILES string of the molecule is CC1CCOC1C(=O)c1cc2[nH]c(=O)[nH]c2cc1Br. The van der Waals surface area contributed by atoms with Gasteiger partial charge in [-0.2, -0.15) is 0 Å². The molecule has 2 atom stereocenters. The van der Waals surface area contributed by atoms with Crippen LogP contribution in [-0.2, 0) is 4.74 Å². The molecule has 3 rings (SSSR count). The Morgan fingerprint density at radius 2 is 2.05 bits per heavy atom. The number of aromatic amines is 2. The van der Waals surface area contributed by atoms with Gasteiger partial charge in [0.05, 0.1) is 11.0 Å². The maximum absolute atomic E-state index is 12.5. The molecule has 2 heterocycles. The number of H-pyrrole nitrogens is 2.